The van der Waals surface area contributed by atoms with Gasteiger partial charge in [-0.25, -0.2) is 19.6 Å². The summed E-state index contributed by atoms with van der Waals surface area (Å²) in [6.45, 7) is 17.4. The SMILES string of the molecule is CC(C)(C)OC(=O)N1CCn2c(C3CCOC3)nc(Br)c2C1.CC(C)(C)OC(=O)NCCn1ccnc1C1CCOC1. The van der Waals surface area contributed by atoms with E-state index in [9.17, 15) is 9.59 Å². The summed E-state index contributed by atoms with van der Waals surface area (Å²) in [5.41, 5.74) is 0.100. The first kappa shape index (κ1) is 32.3. The van der Waals surface area contributed by atoms with Crippen LogP contribution in [0.1, 0.15) is 83.6 Å². The van der Waals surface area contributed by atoms with Gasteiger partial charge < -0.3 is 38.3 Å². The van der Waals surface area contributed by atoms with Crippen LogP contribution in [0.2, 0.25) is 0 Å². The minimum absolute atomic E-state index is 0.266. The molecule has 2 atom stereocenters. The molecule has 0 spiro atoms. The molecule has 2 unspecified atom stereocenters. The zero-order valence-electron chi connectivity index (χ0n) is 25.7. The van der Waals surface area contributed by atoms with Crippen LogP contribution < -0.4 is 5.32 Å². The molecule has 3 aliphatic heterocycles. The van der Waals surface area contributed by atoms with Crippen LogP contribution in [-0.4, -0.2) is 86.9 Å². The summed E-state index contributed by atoms with van der Waals surface area (Å²) in [6, 6.07) is 0. The lowest BCUT2D eigenvalue weighted by Gasteiger charge is -2.31. The van der Waals surface area contributed by atoms with Gasteiger partial charge in [-0.3, -0.25) is 0 Å². The zero-order chi connectivity index (χ0) is 30.5. The molecule has 2 amide bonds. The lowest BCUT2D eigenvalue weighted by atomic mass is 10.1. The maximum absolute atomic E-state index is 12.2. The first-order chi connectivity index (χ1) is 19.8. The standard InChI is InChI=1S/C15H22BrN3O3.C14H23N3O3/c1-15(2,3)22-14(20)18-5-6-19-11(8-18)12(16)17-13(19)10-4-7-21-9-10;1-14(2,3)20-13(18)16-6-8-17-7-5-15-12(17)11-4-9-19-10-11/h10H,4-9H2,1-3H3;5,7,11H,4,6,8-10H2,1-3H3,(H,16,18). The third kappa shape index (κ3) is 8.93. The highest BCUT2D eigenvalue weighted by Gasteiger charge is 2.32. The Hall–Kier alpha value is -2.64. The van der Waals surface area contributed by atoms with Gasteiger partial charge in [0.1, 0.15) is 27.5 Å². The van der Waals surface area contributed by atoms with Crippen LogP contribution in [0.4, 0.5) is 9.59 Å². The van der Waals surface area contributed by atoms with Crippen molar-refractivity contribution in [2.24, 2.45) is 0 Å². The molecule has 0 bridgehead atoms. The number of nitrogens with one attached hydrogen (secondary N) is 1. The first-order valence-electron chi connectivity index (χ1n) is 14.7. The first-order valence-corrected chi connectivity index (χ1v) is 15.5. The van der Waals surface area contributed by atoms with Gasteiger partial charge in [0.15, 0.2) is 0 Å². The van der Waals surface area contributed by atoms with Gasteiger partial charge in [-0.2, -0.15) is 0 Å². The van der Waals surface area contributed by atoms with Gasteiger partial charge in [-0.1, -0.05) is 0 Å². The van der Waals surface area contributed by atoms with Gasteiger partial charge in [-0.05, 0) is 70.3 Å². The summed E-state index contributed by atoms with van der Waals surface area (Å²) in [6.07, 6.45) is 5.10. The maximum Gasteiger partial charge on any atom is 0.410 e. The van der Waals surface area contributed by atoms with E-state index in [0.717, 1.165) is 67.8 Å². The van der Waals surface area contributed by atoms with Crippen LogP contribution in [0.25, 0.3) is 0 Å². The van der Waals surface area contributed by atoms with Gasteiger partial charge in [0.25, 0.3) is 0 Å². The van der Waals surface area contributed by atoms with Crippen LogP contribution in [0, 0.1) is 0 Å². The van der Waals surface area contributed by atoms with E-state index in [0.29, 0.717) is 38.0 Å². The highest BCUT2D eigenvalue weighted by molar-refractivity contribution is 9.10. The van der Waals surface area contributed by atoms with E-state index in [1.807, 2.05) is 47.7 Å². The summed E-state index contributed by atoms with van der Waals surface area (Å²) < 4.78 is 26.6. The Kier molecular flexibility index (Phi) is 10.6. The van der Waals surface area contributed by atoms with E-state index in [1.165, 1.54) is 0 Å². The quantitative estimate of drug-likeness (QED) is 0.488. The van der Waals surface area contributed by atoms with E-state index in [-0.39, 0.29) is 12.2 Å². The minimum Gasteiger partial charge on any atom is -0.444 e. The molecule has 2 saturated heterocycles. The van der Waals surface area contributed by atoms with Crippen LogP contribution in [0.3, 0.4) is 0 Å². The molecule has 5 heterocycles. The van der Waals surface area contributed by atoms with Crippen LogP contribution in [0.5, 0.6) is 0 Å². The number of amides is 2. The molecule has 234 valence electrons. The Balaban J connectivity index is 0.000000194. The zero-order valence-corrected chi connectivity index (χ0v) is 27.2. The summed E-state index contributed by atoms with van der Waals surface area (Å²) >= 11 is 3.54. The number of alkyl carbamates (subject to hydrolysis) is 1. The van der Waals surface area contributed by atoms with Crippen LogP contribution in [-0.2, 0) is 38.6 Å². The molecule has 3 aliphatic rings. The van der Waals surface area contributed by atoms with Crippen molar-refractivity contribution in [3.8, 4) is 0 Å². The maximum atomic E-state index is 12.2. The second-order valence-corrected chi connectivity index (χ2v) is 13.5. The molecule has 2 aromatic rings. The smallest absolute Gasteiger partial charge is 0.410 e. The highest BCUT2D eigenvalue weighted by atomic mass is 79.9. The molecule has 1 N–H and O–H groups in total. The van der Waals surface area contributed by atoms with Crippen molar-refractivity contribution in [1.82, 2.24) is 29.3 Å². The Bertz CT molecular complexity index is 1200. The monoisotopic (exact) mass is 652 g/mol. The van der Waals surface area contributed by atoms with Crippen molar-refractivity contribution >= 4 is 28.1 Å². The van der Waals surface area contributed by atoms with E-state index in [2.05, 4.69) is 40.3 Å². The third-order valence-corrected chi connectivity index (χ3v) is 7.63. The Morgan fingerprint density at radius 3 is 2.24 bits per heavy atom. The normalized spacial score (nSPS) is 20.5. The van der Waals surface area contributed by atoms with Crippen molar-refractivity contribution in [2.75, 3.05) is 39.5 Å². The fourth-order valence-electron chi connectivity index (χ4n) is 5.09. The molecule has 13 heteroatoms. The number of ether oxygens (including phenoxy) is 4. The molecule has 12 nitrogen and oxygen atoms in total. The van der Waals surface area contributed by atoms with Gasteiger partial charge in [0.05, 0.1) is 25.5 Å². The third-order valence-electron chi connectivity index (χ3n) is 7.00. The Labute approximate surface area is 256 Å². The number of aromatic nitrogens is 4. The van der Waals surface area contributed by atoms with Gasteiger partial charge in [0.2, 0.25) is 0 Å². The van der Waals surface area contributed by atoms with Crippen molar-refractivity contribution in [1.29, 1.82) is 0 Å². The van der Waals surface area contributed by atoms with Crippen molar-refractivity contribution in [3.63, 3.8) is 0 Å². The molecule has 5 rings (SSSR count). The van der Waals surface area contributed by atoms with Gasteiger partial charge >= 0.3 is 12.2 Å². The van der Waals surface area contributed by atoms with E-state index in [4.69, 9.17) is 18.9 Å². The average molecular weight is 654 g/mol. The Morgan fingerprint density at radius 2 is 1.64 bits per heavy atom. The highest BCUT2D eigenvalue weighted by Crippen LogP contribution is 2.31. The van der Waals surface area contributed by atoms with E-state index >= 15 is 0 Å². The molecule has 2 aromatic heterocycles. The second-order valence-electron chi connectivity index (χ2n) is 12.8. The molecule has 2 fully saturated rings. The molecule has 42 heavy (non-hydrogen) atoms. The second kappa shape index (κ2) is 13.8. The van der Waals surface area contributed by atoms with E-state index in [1.54, 1.807) is 11.1 Å². The number of nitrogens with zero attached hydrogens (tertiary/aromatic N) is 5. The number of hydrogen-bond donors (Lipinski definition) is 1. The van der Waals surface area contributed by atoms with Gasteiger partial charge in [-0.15, -0.1) is 0 Å². The van der Waals surface area contributed by atoms with Crippen LogP contribution >= 0.6 is 15.9 Å². The van der Waals surface area contributed by atoms with Crippen LogP contribution in [0.15, 0.2) is 17.0 Å². The largest absolute Gasteiger partial charge is 0.444 e. The predicted octanol–water partition coefficient (Wildman–Crippen LogP) is 4.81. The summed E-state index contributed by atoms with van der Waals surface area (Å²) in [5, 5.41) is 2.75. The van der Waals surface area contributed by atoms with Crippen molar-refractivity contribution in [3.05, 3.63) is 34.3 Å². The topological polar surface area (TPSA) is 122 Å². The number of hydrogen-bond acceptors (Lipinski definition) is 8. The number of fused-ring (bicyclic) bond motifs is 1. The van der Waals surface area contributed by atoms with Crippen molar-refractivity contribution in [2.45, 2.75) is 97.1 Å². The summed E-state index contributed by atoms with van der Waals surface area (Å²) in [7, 11) is 0. The molecular weight excluding hydrogens is 608 g/mol. The fourth-order valence-corrected chi connectivity index (χ4v) is 5.61. The van der Waals surface area contributed by atoms with Crippen molar-refractivity contribution < 1.29 is 28.5 Å². The molecule has 0 aliphatic carbocycles. The lowest BCUT2D eigenvalue weighted by molar-refractivity contribution is 0.0196. The number of carbonyl (C=O) groups is 2. The predicted molar refractivity (Wildman–Crippen MR) is 159 cm³/mol. The number of rotatable bonds is 5. The number of carbonyl (C=O) groups excluding carboxylic acids is 2. The lowest BCUT2D eigenvalue weighted by Crippen LogP contribution is -2.41. The summed E-state index contributed by atoms with van der Waals surface area (Å²) in [4.78, 5) is 34.6. The number of imidazole rings is 2. The molecule has 0 aromatic carbocycles. The molecule has 0 saturated carbocycles. The minimum atomic E-state index is -0.474. The number of halogens is 1. The van der Waals surface area contributed by atoms with E-state index < -0.39 is 11.2 Å². The summed E-state index contributed by atoms with van der Waals surface area (Å²) in [5.74, 6) is 2.83. The van der Waals surface area contributed by atoms with Gasteiger partial charge in [0, 0.05) is 63.6 Å². The molecular formula is C29H45BrN6O6. The Morgan fingerprint density at radius 1 is 1.00 bits per heavy atom. The fraction of sp³-hybridized carbons (Fsp3) is 0.724. The molecule has 0 radical (unpaired) electrons. The average Bonchev–Trinajstić information content (AvgIpc) is 3.69.